The molecule has 0 aliphatic rings. The van der Waals surface area contributed by atoms with Crippen molar-refractivity contribution in [1.29, 1.82) is 0 Å². The molecule has 3 aromatic rings. The summed E-state index contributed by atoms with van der Waals surface area (Å²) in [5.74, 6) is 0.639. The molecule has 3 aromatic carbocycles. The van der Waals surface area contributed by atoms with Crippen LogP contribution < -0.4 is 4.74 Å². The number of hydrogen-bond acceptors (Lipinski definition) is 6. The molecule has 160 valence electrons. The van der Waals surface area contributed by atoms with Gasteiger partial charge in [-0.1, -0.05) is 42.0 Å². The number of para-hydroxylation sites is 1. The summed E-state index contributed by atoms with van der Waals surface area (Å²) in [7, 11) is -2.46. The average molecular weight is 439 g/mol. The summed E-state index contributed by atoms with van der Waals surface area (Å²) in [6.07, 6.45) is 1.19. The molecule has 8 nitrogen and oxygen atoms in total. The molecule has 9 heteroatoms. The highest BCUT2D eigenvalue weighted by atomic mass is 32.2. The van der Waals surface area contributed by atoms with E-state index in [1.54, 1.807) is 49.6 Å². The van der Waals surface area contributed by atoms with Crippen molar-refractivity contribution >= 4 is 21.9 Å². The van der Waals surface area contributed by atoms with Crippen LogP contribution in [0.2, 0.25) is 0 Å². The van der Waals surface area contributed by atoms with Crippen molar-refractivity contribution in [3.8, 4) is 5.75 Å². The third-order valence-corrected chi connectivity index (χ3v) is 6.18. The van der Waals surface area contributed by atoms with Gasteiger partial charge in [0.1, 0.15) is 5.75 Å². The maximum Gasteiger partial charge on any atom is 0.279 e. The van der Waals surface area contributed by atoms with Gasteiger partial charge in [0.15, 0.2) is 0 Å². The lowest BCUT2D eigenvalue weighted by Gasteiger charge is -2.19. The molecule has 3 rings (SSSR count). The number of hydrazone groups is 1. The number of methoxy groups -OCH3 is 1. The number of sulfonamides is 1. The van der Waals surface area contributed by atoms with Crippen molar-refractivity contribution in [2.24, 2.45) is 5.10 Å². The van der Waals surface area contributed by atoms with E-state index in [0.29, 0.717) is 11.3 Å². The molecule has 0 aromatic heterocycles. The molecule has 0 unspecified atom stereocenters. The standard InChI is InChI=1S/C22H21N3O5S/c1-17-7-13-21(14-8-17)31(28,29)24(16-18-9-11-20(30-2)12-10-18)23-15-19-5-3-4-6-22(19)25(26)27/h3-15H,16H2,1-2H3/b23-15+. The Balaban J connectivity index is 2.01. The fourth-order valence-corrected chi connectivity index (χ4v) is 4.01. The molecule has 0 saturated carbocycles. The molecule has 0 amide bonds. The summed E-state index contributed by atoms with van der Waals surface area (Å²) >= 11 is 0. The Kier molecular flexibility index (Phi) is 6.66. The molecule has 0 N–H and O–H groups in total. The molecule has 0 bridgehead atoms. The van der Waals surface area contributed by atoms with Crippen molar-refractivity contribution < 1.29 is 18.1 Å². The van der Waals surface area contributed by atoms with Crippen molar-refractivity contribution in [3.05, 3.63) is 99.6 Å². The molecule has 0 radical (unpaired) electrons. The van der Waals surface area contributed by atoms with Gasteiger partial charge in [0.25, 0.3) is 15.7 Å². The van der Waals surface area contributed by atoms with Crippen molar-refractivity contribution in [2.45, 2.75) is 18.4 Å². The molecule has 0 heterocycles. The maximum atomic E-state index is 13.3. The first-order valence-electron chi connectivity index (χ1n) is 9.31. The van der Waals surface area contributed by atoms with Gasteiger partial charge in [0.05, 0.1) is 35.3 Å². The third kappa shape index (κ3) is 5.26. The van der Waals surface area contributed by atoms with E-state index in [9.17, 15) is 18.5 Å². The van der Waals surface area contributed by atoms with Gasteiger partial charge in [-0.05, 0) is 42.8 Å². The van der Waals surface area contributed by atoms with Crippen LogP contribution in [0.15, 0.2) is 82.8 Å². The molecule has 0 aliphatic heterocycles. The summed E-state index contributed by atoms with van der Waals surface area (Å²) in [5, 5.41) is 15.4. The normalized spacial score (nSPS) is 11.4. The summed E-state index contributed by atoms with van der Waals surface area (Å²) in [6, 6.07) is 19.3. The SMILES string of the molecule is COc1ccc(CN(/N=C/c2ccccc2[N+](=O)[O-])S(=O)(=O)c2ccc(C)cc2)cc1. The Labute approximate surface area is 180 Å². The zero-order valence-corrected chi connectivity index (χ0v) is 17.8. The highest BCUT2D eigenvalue weighted by molar-refractivity contribution is 7.89. The first kappa shape index (κ1) is 22.0. The van der Waals surface area contributed by atoms with E-state index in [4.69, 9.17) is 4.74 Å². The van der Waals surface area contributed by atoms with Gasteiger partial charge in [0.2, 0.25) is 0 Å². The van der Waals surface area contributed by atoms with Crippen LogP contribution in [0.3, 0.4) is 0 Å². The van der Waals surface area contributed by atoms with E-state index in [1.165, 1.54) is 36.5 Å². The van der Waals surface area contributed by atoms with E-state index in [2.05, 4.69) is 5.10 Å². The lowest BCUT2D eigenvalue weighted by molar-refractivity contribution is -0.385. The summed E-state index contributed by atoms with van der Waals surface area (Å²) in [6.45, 7) is 1.80. The second-order valence-corrected chi connectivity index (χ2v) is 8.55. The quantitative estimate of drug-likeness (QED) is 0.298. The zero-order chi connectivity index (χ0) is 22.4. The topological polar surface area (TPSA) is 102 Å². The van der Waals surface area contributed by atoms with Crippen molar-refractivity contribution in [1.82, 2.24) is 4.41 Å². The van der Waals surface area contributed by atoms with E-state index >= 15 is 0 Å². The molecular weight excluding hydrogens is 418 g/mol. The Hall–Kier alpha value is -3.72. The monoisotopic (exact) mass is 439 g/mol. The summed E-state index contributed by atoms with van der Waals surface area (Å²) in [4.78, 5) is 10.8. The minimum atomic E-state index is -4.00. The number of nitro benzene ring substituents is 1. The van der Waals surface area contributed by atoms with Gasteiger partial charge in [-0.25, -0.2) is 0 Å². The number of nitro groups is 1. The number of rotatable bonds is 8. The fourth-order valence-electron chi connectivity index (χ4n) is 2.80. The molecule has 0 aliphatic carbocycles. The Bertz CT molecular complexity index is 1190. The minimum absolute atomic E-state index is 0.0582. The molecular formula is C22H21N3O5S. The number of nitrogens with zero attached hydrogens (tertiary/aromatic N) is 3. The van der Waals surface area contributed by atoms with Gasteiger partial charge in [-0.15, -0.1) is 0 Å². The smallest absolute Gasteiger partial charge is 0.279 e. The van der Waals surface area contributed by atoms with Gasteiger partial charge in [0, 0.05) is 6.07 Å². The van der Waals surface area contributed by atoms with Crippen LogP contribution in [0.4, 0.5) is 5.69 Å². The largest absolute Gasteiger partial charge is 0.497 e. The lowest BCUT2D eigenvalue weighted by Crippen LogP contribution is -2.26. The van der Waals surface area contributed by atoms with Crippen LogP contribution in [-0.2, 0) is 16.6 Å². The van der Waals surface area contributed by atoms with E-state index in [1.807, 2.05) is 6.92 Å². The van der Waals surface area contributed by atoms with Crippen LogP contribution in [0, 0.1) is 17.0 Å². The van der Waals surface area contributed by atoms with E-state index < -0.39 is 14.9 Å². The second kappa shape index (κ2) is 9.40. The van der Waals surface area contributed by atoms with Crippen LogP contribution in [0.1, 0.15) is 16.7 Å². The maximum absolute atomic E-state index is 13.3. The fraction of sp³-hybridized carbons (Fsp3) is 0.136. The zero-order valence-electron chi connectivity index (χ0n) is 17.0. The number of aryl methyl sites for hydroxylation is 1. The van der Waals surface area contributed by atoms with Crippen molar-refractivity contribution in [2.75, 3.05) is 7.11 Å². The molecule has 0 spiro atoms. The molecule has 0 fully saturated rings. The molecule has 0 saturated heterocycles. The number of benzene rings is 3. The average Bonchev–Trinajstić information content (AvgIpc) is 2.77. The van der Waals surface area contributed by atoms with Crippen LogP contribution in [0.5, 0.6) is 5.75 Å². The highest BCUT2D eigenvalue weighted by Crippen LogP contribution is 2.22. The molecule has 0 atom stereocenters. The predicted molar refractivity (Wildman–Crippen MR) is 118 cm³/mol. The van der Waals surface area contributed by atoms with Gasteiger partial charge >= 0.3 is 0 Å². The number of ether oxygens (including phenoxy) is 1. The Morgan fingerprint density at radius 3 is 2.29 bits per heavy atom. The van der Waals surface area contributed by atoms with E-state index in [-0.39, 0.29) is 22.7 Å². The van der Waals surface area contributed by atoms with Crippen LogP contribution in [0.25, 0.3) is 0 Å². The van der Waals surface area contributed by atoms with Crippen molar-refractivity contribution in [3.63, 3.8) is 0 Å². The Morgan fingerprint density at radius 2 is 1.68 bits per heavy atom. The van der Waals surface area contributed by atoms with E-state index in [0.717, 1.165) is 9.98 Å². The van der Waals surface area contributed by atoms with Crippen LogP contribution >= 0.6 is 0 Å². The predicted octanol–water partition coefficient (Wildman–Crippen LogP) is 4.14. The van der Waals surface area contributed by atoms with Crippen LogP contribution in [-0.4, -0.2) is 31.1 Å². The number of hydrogen-bond donors (Lipinski definition) is 0. The van der Waals surface area contributed by atoms with Gasteiger partial charge in [-0.3, -0.25) is 10.1 Å². The second-order valence-electron chi connectivity index (χ2n) is 6.71. The Morgan fingerprint density at radius 1 is 1.03 bits per heavy atom. The first-order valence-corrected chi connectivity index (χ1v) is 10.7. The molecule has 31 heavy (non-hydrogen) atoms. The highest BCUT2D eigenvalue weighted by Gasteiger charge is 2.23. The summed E-state index contributed by atoms with van der Waals surface area (Å²) in [5.41, 5.74) is 1.63. The first-order chi connectivity index (χ1) is 14.8. The minimum Gasteiger partial charge on any atom is -0.497 e. The van der Waals surface area contributed by atoms with Gasteiger partial charge in [-0.2, -0.15) is 17.9 Å². The summed E-state index contributed by atoms with van der Waals surface area (Å²) < 4.78 is 32.6. The third-order valence-electron chi connectivity index (χ3n) is 4.53. The van der Waals surface area contributed by atoms with Gasteiger partial charge < -0.3 is 4.74 Å². The lowest BCUT2D eigenvalue weighted by atomic mass is 10.2.